The zero-order valence-corrected chi connectivity index (χ0v) is 26.9. The molecule has 1 aliphatic rings. The molecule has 1 atom stereocenters. The topological polar surface area (TPSA) is 127 Å². The van der Waals surface area contributed by atoms with Crippen molar-refractivity contribution in [3.8, 4) is 0 Å². The van der Waals surface area contributed by atoms with Crippen LogP contribution in [-0.2, 0) is 11.3 Å². The Morgan fingerprint density at radius 2 is 1.84 bits per heavy atom. The number of fused-ring (bicyclic) bond motifs is 3. The molecule has 6 rings (SSSR count). The van der Waals surface area contributed by atoms with Gasteiger partial charge in [-0.25, -0.2) is 4.98 Å². The Balaban J connectivity index is 1.05. The van der Waals surface area contributed by atoms with E-state index in [-0.39, 0.29) is 29.1 Å². The molecule has 1 saturated heterocycles. The summed E-state index contributed by atoms with van der Waals surface area (Å²) in [5, 5.41) is 21.6. The van der Waals surface area contributed by atoms with E-state index >= 15 is 0 Å². The fraction of sp³-hybridized carbons (Fsp3) is 0.281. The zero-order chi connectivity index (χ0) is 31.5. The van der Waals surface area contributed by atoms with Crippen LogP contribution in [0.25, 0.3) is 22.1 Å². The largest absolute Gasteiger partial charge is 0.339 e. The minimum absolute atomic E-state index is 0.0361. The second-order valence-corrected chi connectivity index (χ2v) is 12.9. The SMILES string of the molecule is CC1CN(C(=O)CCCSc2nnc3c4ccccc4n(Cc4ccc(Br)cc4)c3n2)CCN1C(=O)c1cccc([N+](=O)[O-])c1. The molecular weight excluding hydrogens is 658 g/mol. The van der Waals surface area contributed by atoms with E-state index in [4.69, 9.17) is 4.98 Å². The Kier molecular flexibility index (Phi) is 9.08. The van der Waals surface area contributed by atoms with Crippen LogP contribution in [0, 0.1) is 10.1 Å². The van der Waals surface area contributed by atoms with E-state index < -0.39 is 4.92 Å². The van der Waals surface area contributed by atoms with E-state index in [2.05, 4.69) is 48.9 Å². The van der Waals surface area contributed by atoms with Crippen molar-refractivity contribution in [3.63, 3.8) is 0 Å². The second-order valence-electron chi connectivity index (χ2n) is 10.9. The number of amides is 2. The van der Waals surface area contributed by atoms with Crippen LogP contribution >= 0.6 is 27.7 Å². The summed E-state index contributed by atoms with van der Waals surface area (Å²) < 4.78 is 3.19. The van der Waals surface area contributed by atoms with E-state index in [1.807, 2.05) is 37.3 Å². The maximum absolute atomic E-state index is 13.0. The summed E-state index contributed by atoms with van der Waals surface area (Å²) in [6.45, 7) is 3.75. The highest BCUT2D eigenvalue weighted by Gasteiger charge is 2.30. The molecule has 1 aliphatic heterocycles. The lowest BCUT2D eigenvalue weighted by molar-refractivity contribution is -0.384. The van der Waals surface area contributed by atoms with Gasteiger partial charge in [0.1, 0.15) is 5.52 Å². The standard InChI is InChI=1S/C32H30BrN7O4S/c1-21-19-37(15-16-38(21)31(42)23-6-4-7-25(18-23)40(43)44)28(41)10-5-17-45-32-34-30-29(35-36-32)26-8-2-3-9-27(26)39(30)20-22-11-13-24(33)14-12-22/h2-4,6-9,11-14,18,21H,5,10,15-17,19-20H2,1H3. The minimum atomic E-state index is -0.513. The summed E-state index contributed by atoms with van der Waals surface area (Å²) in [5.41, 5.74) is 3.89. The first-order valence-electron chi connectivity index (χ1n) is 14.6. The molecule has 2 aromatic heterocycles. The van der Waals surface area contributed by atoms with Gasteiger partial charge in [-0.1, -0.05) is 64.1 Å². The van der Waals surface area contributed by atoms with Crippen LogP contribution < -0.4 is 0 Å². The van der Waals surface area contributed by atoms with Crippen LogP contribution in [0.2, 0.25) is 0 Å². The average molecular weight is 689 g/mol. The van der Waals surface area contributed by atoms with Gasteiger partial charge in [-0.05, 0) is 43.2 Å². The van der Waals surface area contributed by atoms with Gasteiger partial charge < -0.3 is 14.4 Å². The lowest BCUT2D eigenvalue weighted by atomic mass is 10.1. The van der Waals surface area contributed by atoms with Gasteiger partial charge in [-0.3, -0.25) is 19.7 Å². The predicted molar refractivity (Wildman–Crippen MR) is 176 cm³/mol. The molecule has 2 amide bonds. The third-order valence-electron chi connectivity index (χ3n) is 7.92. The molecule has 0 aliphatic carbocycles. The van der Waals surface area contributed by atoms with Gasteiger partial charge in [-0.2, -0.15) is 0 Å². The average Bonchev–Trinajstić information content (AvgIpc) is 3.36. The van der Waals surface area contributed by atoms with E-state index in [1.165, 1.54) is 30.0 Å². The van der Waals surface area contributed by atoms with Gasteiger partial charge in [0.25, 0.3) is 11.6 Å². The normalized spacial score (nSPS) is 15.1. The van der Waals surface area contributed by atoms with E-state index in [0.29, 0.717) is 49.9 Å². The fourth-order valence-corrected chi connectivity index (χ4v) is 6.62. The van der Waals surface area contributed by atoms with Gasteiger partial charge in [0, 0.05) is 71.9 Å². The van der Waals surface area contributed by atoms with Crippen molar-refractivity contribution < 1.29 is 14.5 Å². The Morgan fingerprint density at radius 1 is 1.04 bits per heavy atom. The highest BCUT2D eigenvalue weighted by Crippen LogP contribution is 2.28. The number of benzene rings is 3. The Morgan fingerprint density at radius 3 is 2.62 bits per heavy atom. The molecule has 11 nitrogen and oxygen atoms in total. The molecule has 1 fully saturated rings. The number of thioether (sulfide) groups is 1. The summed E-state index contributed by atoms with van der Waals surface area (Å²) in [7, 11) is 0. The molecule has 0 spiro atoms. The molecule has 0 bridgehead atoms. The van der Waals surface area contributed by atoms with Crippen molar-refractivity contribution in [2.24, 2.45) is 0 Å². The van der Waals surface area contributed by atoms with Crippen LogP contribution in [-0.4, -0.2) is 77.7 Å². The summed E-state index contributed by atoms with van der Waals surface area (Å²) in [6, 6.07) is 21.9. The van der Waals surface area contributed by atoms with Crippen LogP contribution in [0.3, 0.4) is 0 Å². The molecule has 3 aromatic carbocycles. The van der Waals surface area contributed by atoms with Gasteiger partial charge in [0.05, 0.1) is 10.4 Å². The van der Waals surface area contributed by atoms with Crippen LogP contribution in [0.15, 0.2) is 82.4 Å². The number of nitro groups is 1. The van der Waals surface area contributed by atoms with Crippen molar-refractivity contribution in [1.82, 2.24) is 29.5 Å². The summed E-state index contributed by atoms with van der Waals surface area (Å²) in [6.07, 6.45) is 1.02. The van der Waals surface area contributed by atoms with Gasteiger partial charge >= 0.3 is 0 Å². The van der Waals surface area contributed by atoms with Crippen LogP contribution in [0.1, 0.15) is 35.7 Å². The van der Waals surface area contributed by atoms with E-state index in [9.17, 15) is 19.7 Å². The summed E-state index contributed by atoms with van der Waals surface area (Å²) in [5.74, 6) is 0.428. The molecule has 5 aromatic rings. The number of para-hydroxylation sites is 1. The lowest BCUT2D eigenvalue weighted by Gasteiger charge is -2.40. The third kappa shape index (κ3) is 6.69. The van der Waals surface area contributed by atoms with Gasteiger partial charge in [-0.15, -0.1) is 10.2 Å². The number of rotatable bonds is 9. The smallest absolute Gasteiger partial charge is 0.270 e. The molecule has 0 N–H and O–H groups in total. The van der Waals surface area contributed by atoms with Crippen LogP contribution in [0.4, 0.5) is 5.69 Å². The Bertz CT molecular complexity index is 1900. The maximum Gasteiger partial charge on any atom is 0.270 e. The molecule has 0 radical (unpaired) electrons. The Labute approximate surface area is 271 Å². The molecule has 1 unspecified atom stereocenters. The molecule has 13 heteroatoms. The fourth-order valence-electron chi connectivity index (χ4n) is 5.63. The first-order valence-corrected chi connectivity index (χ1v) is 16.4. The summed E-state index contributed by atoms with van der Waals surface area (Å²) >= 11 is 4.98. The first kappa shape index (κ1) is 30.7. The van der Waals surface area contributed by atoms with E-state index in [0.717, 1.165) is 32.1 Å². The number of non-ortho nitro benzene ring substituents is 1. The monoisotopic (exact) mass is 687 g/mol. The van der Waals surface area contributed by atoms with Crippen LogP contribution in [0.5, 0.6) is 0 Å². The maximum atomic E-state index is 13.0. The van der Waals surface area contributed by atoms with Gasteiger partial charge in [0.15, 0.2) is 5.65 Å². The number of carbonyl (C=O) groups is 2. The van der Waals surface area contributed by atoms with Crippen molar-refractivity contribution in [3.05, 3.63) is 98.5 Å². The second kappa shape index (κ2) is 13.3. The number of aromatic nitrogens is 4. The Hall–Kier alpha value is -4.36. The predicted octanol–water partition coefficient (Wildman–Crippen LogP) is 5.94. The number of hydrogen-bond acceptors (Lipinski definition) is 8. The number of hydrogen-bond donors (Lipinski definition) is 0. The number of nitro benzene ring substituents is 1. The quantitative estimate of drug-likeness (QED) is 0.0806. The van der Waals surface area contributed by atoms with Crippen molar-refractivity contribution in [2.75, 3.05) is 25.4 Å². The summed E-state index contributed by atoms with van der Waals surface area (Å²) in [4.78, 5) is 45.0. The number of nitrogens with zero attached hydrogens (tertiary/aromatic N) is 7. The van der Waals surface area contributed by atoms with Crippen molar-refractivity contribution in [1.29, 1.82) is 0 Å². The zero-order valence-electron chi connectivity index (χ0n) is 24.5. The number of piperazine rings is 1. The van der Waals surface area contributed by atoms with Crippen molar-refractivity contribution in [2.45, 2.75) is 37.5 Å². The molecule has 3 heterocycles. The number of carbonyl (C=O) groups excluding carboxylic acids is 2. The highest BCUT2D eigenvalue weighted by molar-refractivity contribution is 9.10. The lowest BCUT2D eigenvalue weighted by Crippen LogP contribution is -2.55. The number of halogens is 1. The van der Waals surface area contributed by atoms with E-state index in [1.54, 1.807) is 15.9 Å². The van der Waals surface area contributed by atoms with Crippen molar-refractivity contribution >= 4 is 67.3 Å². The molecular formula is C32H30BrN7O4S. The first-order chi connectivity index (χ1) is 21.8. The molecule has 230 valence electrons. The van der Waals surface area contributed by atoms with Gasteiger partial charge in [0.2, 0.25) is 11.1 Å². The third-order valence-corrected chi connectivity index (χ3v) is 9.37. The molecule has 45 heavy (non-hydrogen) atoms. The highest BCUT2D eigenvalue weighted by atomic mass is 79.9. The minimum Gasteiger partial charge on any atom is -0.339 e. The molecule has 0 saturated carbocycles.